The Morgan fingerprint density at radius 3 is 2.00 bits per heavy atom. The molecule has 1 rings (SSSR count). The maximum Gasteiger partial charge on any atom is 0.0126 e. The van der Waals surface area contributed by atoms with Gasteiger partial charge in [-0.3, -0.25) is 0 Å². The molecule has 0 aromatic rings. The Morgan fingerprint density at radius 2 is 1.70 bits per heavy atom. The van der Waals surface area contributed by atoms with Crippen LogP contribution in [0, 0.1) is 0 Å². The molecule has 1 saturated heterocycles. The van der Waals surface area contributed by atoms with Crippen molar-refractivity contribution in [1.29, 1.82) is 0 Å². The Morgan fingerprint density at radius 1 is 1.20 bits per heavy atom. The summed E-state index contributed by atoms with van der Waals surface area (Å²) in [4.78, 5) is 2.34. The maximum absolute atomic E-state index is 2.41. The Kier molecular flexibility index (Phi) is 2.71. The van der Waals surface area contributed by atoms with Gasteiger partial charge >= 0.3 is 0 Å². The third kappa shape index (κ3) is 1.93. The van der Waals surface area contributed by atoms with Crippen molar-refractivity contribution in [2.75, 3.05) is 26.4 Å². The molecule has 0 N–H and O–H groups in total. The van der Waals surface area contributed by atoms with Gasteiger partial charge in [-0.15, -0.1) is 7.92 Å². The fourth-order valence-electron chi connectivity index (χ4n) is 1.20. The lowest BCUT2D eigenvalue weighted by molar-refractivity contribution is 0.311. The lowest BCUT2D eigenvalue weighted by Crippen LogP contribution is -2.32. The zero-order valence-electron chi connectivity index (χ0n) is 7.46. The van der Waals surface area contributed by atoms with Gasteiger partial charge in [-0.05, 0) is 39.0 Å². The van der Waals surface area contributed by atoms with Gasteiger partial charge in [0.1, 0.15) is 0 Å². The average Bonchev–Trinajstić information content (AvgIpc) is 2.65. The van der Waals surface area contributed by atoms with Gasteiger partial charge in [0.05, 0.1) is 0 Å². The van der Waals surface area contributed by atoms with E-state index in [1.54, 1.807) is 0 Å². The molecule has 0 aromatic heterocycles. The molecule has 1 heterocycles. The minimum Gasteiger partial charge on any atom is -0.306 e. The zero-order chi connectivity index (χ0) is 7.72. The quantitative estimate of drug-likeness (QED) is 0.568. The van der Waals surface area contributed by atoms with E-state index >= 15 is 0 Å². The van der Waals surface area contributed by atoms with Gasteiger partial charge in [0.2, 0.25) is 0 Å². The smallest absolute Gasteiger partial charge is 0.0126 e. The summed E-state index contributed by atoms with van der Waals surface area (Å²) < 4.78 is 0. The Labute approximate surface area is 65.5 Å². The summed E-state index contributed by atoms with van der Waals surface area (Å²) in [6, 6.07) is 0.786. The van der Waals surface area contributed by atoms with Crippen LogP contribution in [0.25, 0.3) is 0 Å². The summed E-state index contributed by atoms with van der Waals surface area (Å²) in [6.07, 6.45) is 3.07. The summed E-state index contributed by atoms with van der Waals surface area (Å²) in [5.41, 5.74) is 0.963. The SMILES string of the molecule is CC(C(C)P1CC1)N(C)C. The monoisotopic (exact) mass is 159 g/mol. The molecule has 0 bridgehead atoms. The van der Waals surface area contributed by atoms with Gasteiger partial charge in [0.15, 0.2) is 0 Å². The maximum atomic E-state index is 2.41. The Bertz CT molecular complexity index is 104. The van der Waals surface area contributed by atoms with Crippen LogP contribution in [0.5, 0.6) is 0 Å². The van der Waals surface area contributed by atoms with Gasteiger partial charge in [-0.1, -0.05) is 6.92 Å². The molecule has 0 saturated carbocycles. The second-order valence-electron chi connectivity index (χ2n) is 3.48. The molecule has 0 aromatic carbocycles. The largest absolute Gasteiger partial charge is 0.306 e. The van der Waals surface area contributed by atoms with E-state index in [1.807, 2.05) is 0 Å². The highest BCUT2D eigenvalue weighted by atomic mass is 31.1. The van der Waals surface area contributed by atoms with E-state index in [1.165, 1.54) is 12.3 Å². The van der Waals surface area contributed by atoms with Crippen molar-refractivity contribution in [1.82, 2.24) is 4.90 Å². The van der Waals surface area contributed by atoms with Crippen LogP contribution in [0.2, 0.25) is 0 Å². The lowest BCUT2D eigenvalue weighted by Gasteiger charge is -2.26. The van der Waals surface area contributed by atoms with E-state index < -0.39 is 0 Å². The summed E-state index contributed by atoms with van der Waals surface area (Å²) in [7, 11) is 4.84. The summed E-state index contributed by atoms with van der Waals surface area (Å²) >= 11 is 0. The van der Waals surface area contributed by atoms with Crippen molar-refractivity contribution in [3.63, 3.8) is 0 Å². The zero-order valence-corrected chi connectivity index (χ0v) is 8.36. The highest BCUT2D eigenvalue weighted by Crippen LogP contribution is 2.56. The molecule has 10 heavy (non-hydrogen) atoms. The van der Waals surface area contributed by atoms with E-state index in [2.05, 4.69) is 32.8 Å². The second-order valence-corrected chi connectivity index (χ2v) is 6.37. The molecular formula is C8H18NP. The minimum absolute atomic E-state index is 0.475. The highest BCUT2D eigenvalue weighted by Gasteiger charge is 2.31. The molecule has 1 aliphatic heterocycles. The molecule has 1 fully saturated rings. The van der Waals surface area contributed by atoms with E-state index in [4.69, 9.17) is 0 Å². The number of hydrogen-bond acceptors (Lipinski definition) is 1. The number of nitrogens with zero attached hydrogens (tertiary/aromatic N) is 1. The molecule has 0 spiro atoms. The first kappa shape index (κ1) is 8.49. The molecule has 2 heteroatoms. The van der Waals surface area contributed by atoms with Gasteiger partial charge in [-0.25, -0.2) is 0 Å². The fraction of sp³-hybridized carbons (Fsp3) is 1.00. The second kappa shape index (κ2) is 3.19. The van der Waals surface area contributed by atoms with Crippen LogP contribution in [-0.2, 0) is 0 Å². The number of hydrogen-bond donors (Lipinski definition) is 0. The third-order valence-corrected chi connectivity index (χ3v) is 5.12. The first-order chi connectivity index (χ1) is 4.63. The lowest BCUT2D eigenvalue weighted by atomic mass is 10.2. The summed E-state index contributed by atoms with van der Waals surface area (Å²) in [5, 5.41) is 0. The van der Waals surface area contributed by atoms with Crippen LogP contribution < -0.4 is 0 Å². The Hall–Kier alpha value is 0.390. The van der Waals surface area contributed by atoms with Gasteiger partial charge < -0.3 is 4.90 Å². The predicted molar refractivity (Wildman–Crippen MR) is 49.3 cm³/mol. The summed E-state index contributed by atoms with van der Waals surface area (Å²) in [6.45, 7) is 4.74. The highest BCUT2D eigenvalue weighted by molar-refractivity contribution is 7.65. The van der Waals surface area contributed by atoms with Gasteiger partial charge in [0.25, 0.3) is 0 Å². The van der Waals surface area contributed by atoms with Gasteiger partial charge in [0, 0.05) is 6.04 Å². The van der Waals surface area contributed by atoms with Crippen LogP contribution in [0.3, 0.4) is 0 Å². The first-order valence-corrected chi connectivity index (χ1v) is 5.81. The third-order valence-electron chi connectivity index (χ3n) is 2.57. The standard InChI is InChI=1S/C8H18NP/c1-7(9(3)4)8(2)10-5-6-10/h7-8H,5-6H2,1-4H3. The van der Waals surface area contributed by atoms with Crippen LogP contribution >= 0.6 is 7.92 Å². The van der Waals surface area contributed by atoms with Crippen LogP contribution in [0.4, 0.5) is 0 Å². The van der Waals surface area contributed by atoms with Crippen LogP contribution in [-0.4, -0.2) is 43.0 Å². The van der Waals surface area contributed by atoms with Crippen LogP contribution in [0.1, 0.15) is 13.8 Å². The van der Waals surface area contributed by atoms with Gasteiger partial charge in [-0.2, -0.15) is 0 Å². The van der Waals surface area contributed by atoms with E-state index in [0.717, 1.165) is 11.7 Å². The summed E-state index contributed by atoms with van der Waals surface area (Å²) in [5.74, 6) is 0. The van der Waals surface area contributed by atoms with E-state index in [-0.39, 0.29) is 0 Å². The molecule has 1 aliphatic rings. The van der Waals surface area contributed by atoms with E-state index in [9.17, 15) is 0 Å². The van der Waals surface area contributed by atoms with Crippen molar-refractivity contribution in [2.45, 2.75) is 25.5 Å². The molecule has 1 nitrogen and oxygen atoms in total. The molecule has 2 unspecified atom stereocenters. The van der Waals surface area contributed by atoms with Crippen molar-refractivity contribution < 1.29 is 0 Å². The first-order valence-electron chi connectivity index (χ1n) is 4.03. The predicted octanol–water partition coefficient (Wildman–Crippen LogP) is 1.82. The molecule has 60 valence electrons. The molecule has 0 aliphatic carbocycles. The Balaban J connectivity index is 2.30. The molecule has 0 radical (unpaired) electrons. The molecule has 2 atom stereocenters. The van der Waals surface area contributed by atoms with Crippen molar-refractivity contribution in [3.8, 4) is 0 Å². The molecular weight excluding hydrogens is 141 g/mol. The van der Waals surface area contributed by atoms with Crippen molar-refractivity contribution in [2.24, 2.45) is 0 Å². The minimum atomic E-state index is 0.475. The average molecular weight is 159 g/mol. The fourth-order valence-corrected chi connectivity index (χ4v) is 3.35. The molecule has 0 amide bonds. The van der Waals surface area contributed by atoms with E-state index in [0.29, 0.717) is 7.92 Å². The van der Waals surface area contributed by atoms with Crippen molar-refractivity contribution in [3.05, 3.63) is 0 Å². The normalized spacial score (nSPS) is 24.9. The van der Waals surface area contributed by atoms with Crippen molar-refractivity contribution >= 4 is 7.92 Å². The number of rotatable bonds is 3. The van der Waals surface area contributed by atoms with Crippen LogP contribution in [0.15, 0.2) is 0 Å². The topological polar surface area (TPSA) is 3.24 Å².